The Bertz CT molecular complexity index is 540. The molecule has 1 aromatic heterocycles. The third kappa shape index (κ3) is 5.35. The monoisotopic (exact) mass is 354 g/mol. The number of thiophene rings is 1. The van der Waals surface area contributed by atoms with Gasteiger partial charge >= 0.3 is 5.97 Å². The maximum atomic E-state index is 11.5. The largest absolute Gasteiger partial charge is 0.490 e. The number of carbonyl (C=O) groups excluding carboxylic acids is 1. The number of esters is 1. The molecule has 1 aromatic carbocycles. The maximum Gasteiger partial charge on any atom is 0.306 e. The van der Waals surface area contributed by atoms with E-state index in [1.165, 1.54) is 4.88 Å². The minimum Gasteiger partial charge on any atom is -0.490 e. The maximum absolute atomic E-state index is 11.5. The molecule has 0 aliphatic carbocycles. The van der Waals surface area contributed by atoms with Gasteiger partial charge in [-0.05, 0) is 36.1 Å². The van der Waals surface area contributed by atoms with E-state index in [0.717, 1.165) is 16.6 Å². The van der Waals surface area contributed by atoms with E-state index in [2.05, 4.69) is 15.9 Å². The molecule has 0 fully saturated rings. The molecule has 0 amide bonds. The molecule has 0 bridgehead atoms. The lowest BCUT2D eigenvalue weighted by molar-refractivity contribution is -0.144. The molecule has 0 unspecified atom stereocenters. The number of aryl methyl sites for hydroxylation is 1. The van der Waals surface area contributed by atoms with Crippen molar-refractivity contribution in [1.82, 2.24) is 0 Å². The zero-order chi connectivity index (χ0) is 14.2. The van der Waals surface area contributed by atoms with Crippen LogP contribution in [-0.4, -0.2) is 19.2 Å². The predicted octanol–water partition coefficient (Wildman–Crippen LogP) is 4.07. The Morgan fingerprint density at radius 3 is 2.85 bits per heavy atom. The molecule has 5 heteroatoms. The zero-order valence-electron chi connectivity index (χ0n) is 10.9. The van der Waals surface area contributed by atoms with Crippen molar-refractivity contribution in [2.24, 2.45) is 0 Å². The van der Waals surface area contributed by atoms with Crippen molar-refractivity contribution in [2.45, 2.75) is 12.8 Å². The van der Waals surface area contributed by atoms with Crippen LogP contribution in [0.4, 0.5) is 0 Å². The molecular weight excluding hydrogens is 340 g/mol. The standard InChI is InChI=1S/C15H15BrO3S/c16-12-3-1-4-13(11-12)18-8-9-19-15(17)7-6-14-5-2-10-20-14/h1-5,10-11H,6-9H2. The van der Waals surface area contributed by atoms with Crippen LogP contribution in [0.25, 0.3) is 0 Å². The predicted molar refractivity (Wildman–Crippen MR) is 83.2 cm³/mol. The third-order valence-corrected chi connectivity index (χ3v) is 4.00. The number of rotatable bonds is 7. The lowest BCUT2D eigenvalue weighted by atomic mass is 10.3. The Kier molecular flexibility index (Phi) is 6.08. The highest BCUT2D eigenvalue weighted by Gasteiger charge is 2.04. The molecule has 0 saturated carbocycles. The number of hydrogen-bond donors (Lipinski definition) is 0. The molecule has 106 valence electrons. The second kappa shape index (κ2) is 8.07. The smallest absolute Gasteiger partial charge is 0.306 e. The quantitative estimate of drug-likeness (QED) is 0.555. The van der Waals surface area contributed by atoms with Gasteiger partial charge in [0.2, 0.25) is 0 Å². The highest BCUT2D eigenvalue weighted by molar-refractivity contribution is 9.10. The second-order valence-electron chi connectivity index (χ2n) is 4.11. The summed E-state index contributed by atoms with van der Waals surface area (Å²) >= 11 is 5.02. The molecule has 0 N–H and O–H groups in total. The number of ether oxygens (including phenoxy) is 2. The molecular formula is C15H15BrO3S. The Balaban J connectivity index is 1.59. The minimum atomic E-state index is -0.184. The first kappa shape index (κ1) is 15.1. The van der Waals surface area contributed by atoms with Gasteiger partial charge in [0.15, 0.2) is 0 Å². The molecule has 1 heterocycles. The van der Waals surface area contributed by atoms with Gasteiger partial charge in [-0.15, -0.1) is 11.3 Å². The molecule has 0 aliphatic heterocycles. The summed E-state index contributed by atoms with van der Waals surface area (Å²) in [5.74, 6) is 0.574. The van der Waals surface area contributed by atoms with E-state index < -0.39 is 0 Å². The van der Waals surface area contributed by atoms with Crippen molar-refractivity contribution in [3.8, 4) is 5.75 Å². The van der Waals surface area contributed by atoms with Crippen LogP contribution >= 0.6 is 27.3 Å². The van der Waals surface area contributed by atoms with E-state index in [4.69, 9.17) is 9.47 Å². The summed E-state index contributed by atoms with van der Waals surface area (Å²) in [6.45, 7) is 0.636. The van der Waals surface area contributed by atoms with Gasteiger partial charge in [0, 0.05) is 9.35 Å². The molecule has 20 heavy (non-hydrogen) atoms. The molecule has 0 spiro atoms. The lowest BCUT2D eigenvalue weighted by Crippen LogP contribution is -2.12. The first-order chi connectivity index (χ1) is 9.74. The fraction of sp³-hybridized carbons (Fsp3) is 0.267. The van der Waals surface area contributed by atoms with Crippen molar-refractivity contribution in [1.29, 1.82) is 0 Å². The van der Waals surface area contributed by atoms with Crippen LogP contribution in [0.2, 0.25) is 0 Å². The zero-order valence-corrected chi connectivity index (χ0v) is 13.3. The van der Waals surface area contributed by atoms with Gasteiger partial charge in [0.05, 0.1) is 6.42 Å². The van der Waals surface area contributed by atoms with Crippen LogP contribution in [-0.2, 0) is 16.0 Å². The van der Waals surface area contributed by atoms with E-state index in [1.807, 2.05) is 41.8 Å². The van der Waals surface area contributed by atoms with Crippen molar-refractivity contribution >= 4 is 33.2 Å². The van der Waals surface area contributed by atoms with Crippen LogP contribution in [0.15, 0.2) is 46.3 Å². The van der Waals surface area contributed by atoms with Crippen LogP contribution in [0, 0.1) is 0 Å². The van der Waals surface area contributed by atoms with Crippen LogP contribution in [0.3, 0.4) is 0 Å². The Labute approximate surface area is 130 Å². The topological polar surface area (TPSA) is 35.5 Å². The van der Waals surface area contributed by atoms with Gasteiger partial charge in [-0.25, -0.2) is 0 Å². The first-order valence-corrected chi connectivity index (χ1v) is 7.97. The molecule has 0 aliphatic rings. The Morgan fingerprint density at radius 2 is 2.10 bits per heavy atom. The van der Waals surface area contributed by atoms with Crippen molar-refractivity contribution in [3.05, 3.63) is 51.1 Å². The third-order valence-electron chi connectivity index (χ3n) is 2.57. The van der Waals surface area contributed by atoms with Gasteiger partial charge in [0.25, 0.3) is 0 Å². The number of halogens is 1. The van der Waals surface area contributed by atoms with Gasteiger partial charge in [0.1, 0.15) is 19.0 Å². The van der Waals surface area contributed by atoms with E-state index in [-0.39, 0.29) is 12.6 Å². The number of benzene rings is 1. The SMILES string of the molecule is O=C(CCc1cccs1)OCCOc1cccc(Br)c1. The summed E-state index contributed by atoms with van der Waals surface area (Å²) in [7, 11) is 0. The summed E-state index contributed by atoms with van der Waals surface area (Å²) in [4.78, 5) is 12.7. The Hall–Kier alpha value is -1.33. The minimum absolute atomic E-state index is 0.184. The van der Waals surface area contributed by atoms with Gasteiger partial charge in [-0.1, -0.05) is 28.1 Å². The number of carbonyl (C=O) groups is 1. The Morgan fingerprint density at radius 1 is 1.20 bits per heavy atom. The summed E-state index contributed by atoms with van der Waals surface area (Å²) in [6, 6.07) is 11.6. The van der Waals surface area contributed by atoms with E-state index >= 15 is 0 Å². The molecule has 0 saturated heterocycles. The van der Waals surface area contributed by atoms with E-state index in [9.17, 15) is 4.79 Å². The van der Waals surface area contributed by atoms with E-state index in [0.29, 0.717) is 13.0 Å². The van der Waals surface area contributed by atoms with Crippen molar-refractivity contribution in [2.75, 3.05) is 13.2 Å². The van der Waals surface area contributed by atoms with Crippen LogP contribution < -0.4 is 4.74 Å². The molecule has 3 nitrogen and oxygen atoms in total. The normalized spacial score (nSPS) is 10.2. The lowest BCUT2D eigenvalue weighted by Gasteiger charge is -2.07. The van der Waals surface area contributed by atoms with Crippen molar-refractivity contribution < 1.29 is 14.3 Å². The molecule has 0 radical (unpaired) electrons. The van der Waals surface area contributed by atoms with Crippen molar-refractivity contribution in [3.63, 3.8) is 0 Å². The summed E-state index contributed by atoms with van der Waals surface area (Å²) in [5, 5.41) is 2.01. The highest BCUT2D eigenvalue weighted by atomic mass is 79.9. The highest BCUT2D eigenvalue weighted by Crippen LogP contribution is 2.17. The summed E-state index contributed by atoms with van der Waals surface area (Å²) in [6.07, 6.45) is 1.15. The second-order valence-corrected chi connectivity index (χ2v) is 6.05. The van der Waals surface area contributed by atoms with E-state index in [1.54, 1.807) is 11.3 Å². The van der Waals surface area contributed by atoms with Crippen LogP contribution in [0.5, 0.6) is 5.75 Å². The van der Waals surface area contributed by atoms with Gasteiger partial charge in [-0.3, -0.25) is 4.79 Å². The molecule has 2 rings (SSSR count). The van der Waals surface area contributed by atoms with Crippen LogP contribution in [0.1, 0.15) is 11.3 Å². The van der Waals surface area contributed by atoms with Gasteiger partial charge in [-0.2, -0.15) is 0 Å². The fourth-order valence-corrected chi connectivity index (χ4v) is 2.71. The summed E-state index contributed by atoms with van der Waals surface area (Å²) < 4.78 is 11.6. The fourth-order valence-electron chi connectivity index (χ4n) is 1.62. The average Bonchev–Trinajstić information content (AvgIpc) is 2.95. The molecule has 0 atom stereocenters. The van der Waals surface area contributed by atoms with Gasteiger partial charge < -0.3 is 9.47 Å². The first-order valence-electron chi connectivity index (χ1n) is 6.30. The number of hydrogen-bond acceptors (Lipinski definition) is 4. The molecule has 2 aromatic rings. The average molecular weight is 355 g/mol. The summed E-state index contributed by atoms with van der Waals surface area (Å²) in [5.41, 5.74) is 0.